The first kappa shape index (κ1) is 12.5. The van der Waals surface area contributed by atoms with Gasteiger partial charge in [0.25, 0.3) is 0 Å². The Balaban J connectivity index is 2.30. The lowest BCUT2D eigenvalue weighted by Crippen LogP contribution is -2.13. The highest BCUT2D eigenvalue weighted by molar-refractivity contribution is 5.59. The van der Waals surface area contributed by atoms with Gasteiger partial charge in [0.15, 0.2) is 0 Å². The Bertz CT molecular complexity index is 523. The average molecular weight is 245 g/mol. The molecule has 0 amide bonds. The van der Waals surface area contributed by atoms with Gasteiger partial charge in [0.2, 0.25) is 0 Å². The summed E-state index contributed by atoms with van der Waals surface area (Å²) >= 11 is 0. The van der Waals surface area contributed by atoms with Crippen molar-refractivity contribution >= 4 is 11.5 Å². The summed E-state index contributed by atoms with van der Waals surface area (Å²) in [6.45, 7) is 1.93. The van der Waals surface area contributed by atoms with Gasteiger partial charge in [-0.05, 0) is 48.9 Å². The Hall–Kier alpha value is -1.94. The Morgan fingerprint density at radius 3 is 2.50 bits per heavy atom. The molecule has 0 spiro atoms. The number of nitrogens with two attached hydrogens (primary N) is 1. The number of hydrogen-bond acceptors (Lipinski definition) is 3. The highest BCUT2D eigenvalue weighted by atomic mass is 19.1. The van der Waals surface area contributed by atoms with Gasteiger partial charge in [-0.2, -0.15) is 0 Å². The van der Waals surface area contributed by atoms with E-state index in [0.717, 1.165) is 17.1 Å². The van der Waals surface area contributed by atoms with Gasteiger partial charge in [-0.25, -0.2) is 9.37 Å². The zero-order valence-corrected chi connectivity index (χ0v) is 10.5. The lowest BCUT2D eigenvalue weighted by Gasteiger charge is -2.19. The first-order valence-corrected chi connectivity index (χ1v) is 5.79. The minimum atomic E-state index is -0.246. The number of benzene rings is 1. The van der Waals surface area contributed by atoms with E-state index in [4.69, 9.17) is 5.73 Å². The maximum absolute atomic E-state index is 12.9. The van der Waals surface area contributed by atoms with Gasteiger partial charge in [-0.3, -0.25) is 0 Å². The second-order valence-corrected chi connectivity index (χ2v) is 4.27. The van der Waals surface area contributed by atoms with E-state index in [-0.39, 0.29) is 11.9 Å². The highest BCUT2D eigenvalue weighted by Crippen LogP contribution is 2.23. The molecule has 0 radical (unpaired) electrons. The van der Waals surface area contributed by atoms with Crippen molar-refractivity contribution < 1.29 is 4.39 Å². The molecule has 0 unspecified atom stereocenters. The Kier molecular flexibility index (Phi) is 3.58. The van der Waals surface area contributed by atoms with Gasteiger partial charge in [-0.1, -0.05) is 0 Å². The van der Waals surface area contributed by atoms with Gasteiger partial charge in [0, 0.05) is 25.0 Å². The van der Waals surface area contributed by atoms with Crippen LogP contribution < -0.4 is 10.6 Å². The molecule has 1 heterocycles. The van der Waals surface area contributed by atoms with Crippen LogP contribution in [0.3, 0.4) is 0 Å². The topological polar surface area (TPSA) is 42.1 Å². The lowest BCUT2D eigenvalue weighted by atomic mass is 10.1. The molecule has 0 aliphatic carbocycles. The molecular formula is C14H16FN3. The van der Waals surface area contributed by atoms with Crippen molar-refractivity contribution in [3.63, 3.8) is 0 Å². The number of rotatable bonds is 3. The van der Waals surface area contributed by atoms with Crippen LogP contribution in [0.25, 0.3) is 0 Å². The van der Waals surface area contributed by atoms with Crippen molar-refractivity contribution in [2.24, 2.45) is 5.73 Å². The first-order valence-electron chi connectivity index (χ1n) is 5.79. The molecule has 0 aliphatic rings. The van der Waals surface area contributed by atoms with E-state index in [9.17, 15) is 4.39 Å². The number of hydrogen-bond donors (Lipinski definition) is 1. The van der Waals surface area contributed by atoms with Gasteiger partial charge in [0.1, 0.15) is 11.6 Å². The molecule has 94 valence electrons. The standard InChI is InChI=1S/C14H16FN3/c1-10(16)11-7-8-17-14(9-11)18(2)13-5-3-12(15)4-6-13/h3-10H,16H2,1-2H3/t10-/m1/s1. The molecule has 0 fully saturated rings. The van der Waals surface area contributed by atoms with Gasteiger partial charge >= 0.3 is 0 Å². The summed E-state index contributed by atoms with van der Waals surface area (Å²) in [5.74, 6) is 0.542. The molecule has 18 heavy (non-hydrogen) atoms. The average Bonchev–Trinajstić information content (AvgIpc) is 2.39. The number of anilines is 2. The van der Waals surface area contributed by atoms with Crippen molar-refractivity contribution in [1.29, 1.82) is 0 Å². The SMILES string of the molecule is C[C@@H](N)c1ccnc(N(C)c2ccc(F)cc2)c1. The smallest absolute Gasteiger partial charge is 0.132 e. The van der Waals surface area contributed by atoms with Crippen LogP contribution >= 0.6 is 0 Å². The predicted molar refractivity (Wildman–Crippen MR) is 71.3 cm³/mol. The minimum absolute atomic E-state index is 0.0339. The van der Waals surface area contributed by atoms with Gasteiger partial charge in [0.05, 0.1) is 0 Å². The summed E-state index contributed by atoms with van der Waals surface area (Å²) in [6.07, 6.45) is 1.73. The van der Waals surface area contributed by atoms with Crippen LogP contribution in [0, 0.1) is 5.82 Å². The lowest BCUT2D eigenvalue weighted by molar-refractivity contribution is 0.628. The molecule has 4 heteroatoms. The molecule has 0 saturated carbocycles. The molecule has 0 aliphatic heterocycles. The maximum Gasteiger partial charge on any atom is 0.132 e. The van der Waals surface area contributed by atoms with E-state index in [1.807, 2.05) is 31.0 Å². The maximum atomic E-state index is 12.9. The van der Waals surface area contributed by atoms with Crippen molar-refractivity contribution in [1.82, 2.24) is 4.98 Å². The summed E-state index contributed by atoms with van der Waals surface area (Å²) < 4.78 is 12.9. The van der Waals surface area contributed by atoms with Crippen LogP contribution in [0.1, 0.15) is 18.5 Å². The zero-order chi connectivity index (χ0) is 13.1. The molecule has 3 nitrogen and oxygen atoms in total. The van der Waals surface area contributed by atoms with Crippen LogP contribution in [0.4, 0.5) is 15.9 Å². The minimum Gasteiger partial charge on any atom is -0.329 e. The normalized spacial score (nSPS) is 12.2. The Morgan fingerprint density at radius 1 is 1.22 bits per heavy atom. The molecule has 1 aromatic carbocycles. The van der Waals surface area contributed by atoms with Crippen LogP contribution in [-0.2, 0) is 0 Å². The second-order valence-electron chi connectivity index (χ2n) is 4.27. The number of halogens is 1. The molecule has 2 rings (SSSR count). The summed E-state index contributed by atoms with van der Waals surface area (Å²) in [5.41, 5.74) is 7.75. The van der Waals surface area contributed by atoms with Gasteiger partial charge < -0.3 is 10.6 Å². The molecule has 0 saturated heterocycles. The van der Waals surface area contributed by atoms with Crippen molar-refractivity contribution in [3.05, 3.63) is 54.0 Å². The van der Waals surface area contributed by atoms with E-state index >= 15 is 0 Å². The van der Waals surface area contributed by atoms with E-state index in [0.29, 0.717) is 0 Å². The molecular weight excluding hydrogens is 229 g/mol. The van der Waals surface area contributed by atoms with Crippen molar-refractivity contribution in [2.75, 3.05) is 11.9 Å². The first-order chi connectivity index (χ1) is 8.58. The third-order valence-corrected chi connectivity index (χ3v) is 2.85. The van der Waals surface area contributed by atoms with Crippen LogP contribution in [0.5, 0.6) is 0 Å². The summed E-state index contributed by atoms with van der Waals surface area (Å²) in [7, 11) is 1.89. The molecule has 1 atom stereocenters. The fraction of sp³-hybridized carbons (Fsp3) is 0.214. The molecule has 2 aromatic rings. The van der Waals surface area contributed by atoms with Crippen LogP contribution in [-0.4, -0.2) is 12.0 Å². The van der Waals surface area contributed by atoms with Gasteiger partial charge in [-0.15, -0.1) is 0 Å². The van der Waals surface area contributed by atoms with E-state index in [1.165, 1.54) is 12.1 Å². The predicted octanol–water partition coefficient (Wildman–Crippen LogP) is 3.01. The number of nitrogens with zero attached hydrogens (tertiary/aromatic N) is 2. The Morgan fingerprint density at radius 2 is 1.89 bits per heavy atom. The van der Waals surface area contributed by atoms with Crippen LogP contribution in [0.2, 0.25) is 0 Å². The Labute approximate surface area is 106 Å². The number of pyridine rings is 1. The quantitative estimate of drug-likeness (QED) is 0.903. The molecule has 1 aromatic heterocycles. The van der Waals surface area contributed by atoms with Crippen LogP contribution in [0.15, 0.2) is 42.6 Å². The molecule has 0 bridgehead atoms. The third kappa shape index (κ3) is 2.65. The fourth-order valence-electron chi connectivity index (χ4n) is 1.70. The highest BCUT2D eigenvalue weighted by Gasteiger charge is 2.07. The summed E-state index contributed by atoms with van der Waals surface area (Å²) in [4.78, 5) is 6.19. The monoisotopic (exact) mass is 245 g/mol. The van der Waals surface area contributed by atoms with Crippen molar-refractivity contribution in [2.45, 2.75) is 13.0 Å². The fourth-order valence-corrected chi connectivity index (χ4v) is 1.70. The van der Waals surface area contributed by atoms with Crippen molar-refractivity contribution in [3.8, 4) is 0 Å². The molecule has 2 N–H and O–H groups in total. The van der Waals surface area contributed by atoms with E-state index in [2.05, 4.69) is 4.98 Å². The van der Waals surface area contributed by atoms with E-state index < -0.39 is 0 Å². The number of aromatic nitrogens is 1. The summed E-state index contributed by atoms with van der Waals surface area (Å²) in [6, 6.07) is 10.1. The zero-order valence-electron chi connectivity index (χ0n) is 10.5. The summed E-state index contributed by atoms with van der Waals surface area (Å²) in [5, 5.41) is 0. The third-order valence-electron chi connectivity index (χ3n) is 2.85. The van der Waals surface area contributed by atoms with E-state index in [1.54, 1.807) is 18.3 Å². The largest absolute Gasteiger partial charge is 0.329 e. The second kappa shape index (κ2) is 5.14.